The number of aldehydes is 2. The van der Waals surface area contributed by atoms with Crippen molar-refractivity contribution < 1.29 is 24.7 Å². The van der Waals surface area contributed by atoms with Crippen molar-refractivity contribution in [3.8, 4) is 11.5 Å². The Balaban J connectivity index is 0.000000172. The summed E-state index contributed by atoms with van der Waals surface area (Å²) in [6.45, 7) is 0. The van der Waals surface area contributed by atoms with Crippen LogP contribution in [-0.2, 0) is 0 Å². The van der Waals surface area contributed by atoms with Crippen LogP contribution < -0.4 is 0 Å². The molecule has 4 rings (SSSR count). The Kier molecular flexibility index (Phi) is 6.08. The van der Waals surface area contributed by atoms with E-state index in [2.05, 4.69) is 15.9 Å². The first-order valence-corrected chi connectivity index (χ1v) is 9.37. The monoisotopic (exact) mass is 467 g/mol. The van der Waals surface area contributed by atoms with E-state index in [4.69, 9.17) is 0 Å². The highest BCUT2D eigenvalue weighted by Gasteiger charge is 2.14. The fraction of sp³-hybridized carbons (Fsp3) is 0. The quantitative estimate of drug-likeness (QED) is 0.237. The second-order valence-electron chi connectivity index (χ2n) is 6.23. The van der Waals surface area contributed by atoms with Crippen LogP contribution in [0.15, 0.2) is 65.1 Å². The maximum atomic E-state index is 10.8. The molecule has 0 atom stereocenters. The fourth-order valence-electron chi connectivity index (χ4n) is 3.07. The molecule has 0 saturated heterocycles. The molecule has 4 aromatic rings. The second kappa shape index (κ2) is 8.71. The number of phenols is 2. The molecule has 0 bridgehead atoms. The lowest BCUT2D eigenvalue weighted by molar-refractivity contribution is -0.383. The minimum absolute atomic E-state index is 0.0230. The number of non-ortho nitro benzene ring substituents is 1. The maximum Gasteiger partial charge on any atom is 0.277 e. The van der Waals surface area contributed by atoms with Crippen LogP contribution in [0.5, 0.6) is 11.5 Å². The zero-order valence-electron chi connectivity index (χ0n) is 15.3. The molecular formula is C22H14BrNO6. The van der Waals surface area contributed by atoms with Gasteiger partial charge in [-0.3, -0.25) is 19.7 Å². The molecule has 150 valence electrons. The number of aromatic hydroxyl groups is 2. The van der Waals surface area contributed by atoms with Crippen LogP contribution >= 0.6 is 15.9 Å². The normalized spacial score (nSPS) is 10.3. The van der Waals surface area contributed by atoms with E-state index in [1.54, 1.807) is 12.1 Å². The van der Waals surface area contributed by atoms with Crippen LogP contribution in [-0.4, -0.2) is 27.7 Å². The predicted molar refractivity (Wildman–Crippen MR) is 116 cm³/mol. The second-order valence-corrected chi connectivity index (χ2v) is 7.14. The molecule has 0 heterocycles. The van der Waals surface area contributed by atoms with Gasteiger partial charge in [0.05, 0.1) is 21.4 Å². The molecule has 0 aliphatic carbocycles. The molecule has 30 heavy (non-hydrogen) atoms. The van der Waals surface area contributed by atoms with Gasteiger partial charge in [0.1, 0.15) is 11.5 Å². The highest BCUT2D eigenvalue weighted by atomic mass is 79.9. The summed E-state index contributed by atoms with van der Waals surface area (Å²) in [6.07, 6.45) is 1.16. The molecule has 2 N–H and O–H groups in total. The molecule has 0 aliphatic heterocycles. The molecule has 0 unspecified atom stereocenters. The topological polar surface area (TPSA) is 118 Å². The Morgan fingerprint density at radius 2 is 1.40 bits per heavy atom. The van der Waals surface area contributed by atoms with E-state index in [-0.39, 0.29) is 22.7 Å². The van der Waals surface area contributed by atoms with Gasteiger partial charge in [-0.2, -0.15) is 0 Å². The lowest BCUT2D eigenvalue weighted by Gasteiger charge is -2.03. The van der Waals surface area contributed by atoms with Gasteiger partial charge in [0.25, 0.3) is 5.69 Å². The molecule has 0 saturated carbocycles. The summed E-state index contributed by atoms with van der Waals surface area (Å²) >= 11 is 3.35. The largest absolute Gasteiger partial charge is 0.507 e. The van der Waals surface area contributed by atoms with Gasteiger partial charge < -0.3 is 10.2 Å². The van der Waals surface area contributed by atoms with Gasteiger partial charge in [0.2, 0.25) is 0 Å². The standard InChI is InChI=1S/C11H7BrO2.C11H7NO4/c12-8-2-3-9-7(5-8)1-4-11(14)10(9)6-13;13-6-9-7-2-1-3-10(12(15)16)8(7)4-5-11(9)14/h1-6,14H;1-6,14H. The van der Waals surface area contributed by atoms with Crippen molar-refractivity contribution in [1.82, 2.24) is 0 Å². The van der Waals surface area contributed by atoms with Crippen molar-refractivity contribution in [2.45, 2.75) is 0 Å². The van der Waals surface area contributed by atoms with E-state index in [0.717, 1.165) is 15.2 Å². The fourth-order valence-corrected chi connectivity index (χ4v) is 3.45. The Hall–Kier alpha value is -3.78. The Morgan fingerprint density at radius 1 is 0.800 bits per heavy atom. The average molecular weight is 468 g/mol. The smallest absolute Gasteiger partial charge is 0.277 e. The van der Waals surface area contributed by atoms with Gasteiger partial charge in [-0.15, -0.1) is 0 Å². The van der Waals surface area contributed by atoms with Crippen molar-refractivity contribution in [3.05, 3.63) is 86.4 Å². The first-order valence-electron chi connectivity index (χ1n) is 8.58. The lowest BCUT2D eigenvalue weighted by Crippen LogP contribution is -1.91. The summed E-state index contributed by atoms with van der Waals surface area (Å²) in [7, 11) is 0. The Bertz CT molecular complexity index is 1300. The summed E-state index contributed by atoms with van der Waals surface area (Å²) in [5, 5.41) is 32.0. The predicted octanol–water partition coefficient (Wildman–Crippen LogP) is 5.39. The van der Waals surface area contributed by atoms with Crippen LogP contribution in [0.1, 0.15) is 20.7 Å². The Labute approximate surface area is 178 Å². The van der Waals surface area contributed by atoms with Crippen molar-refractivity contribution in [2.24, 2.45) is 0 Å². The number of benzene rings is 4. The van der Waals surface area contributed by atoms with E-state index >= 15 is 0 Å². The number of rotatable bonds is 3. The summed E-state index contributed by atoms with van der Waals surface area (Å²) in [4.78, 5) is 31.8. The number of nitro benzene ring substituents is 1. The van der Waals surface area contributed by atoms with Gasteiger partial charge >= 0.3 is 0 Å². The molecule has 0 fully saturated rings. The van der Waals surface area contributed by atoms with Crippen LogP contribution in [0.2, 0.25) is 0 Å². The third kappa shape index (κ3) is 3.99. The van der Waals surface area contributed by atoms with Crippen LogP contribution in [0.3, 0.4) is 0 Å². The molecule has 0 aliphatic rings. The number of halogens is 1. The van der Waals surface area contributed by atoms with E-state index in [9.17, 15) is 29.9 Å². The number of hydrogen-bond donors (Lipinski definition) is 2. The molecule has 7 nitrogen and oxygen atoms in total. The van der Waals surface area contributed by atoms with Gasteiger partial charge in [-0.1, -0.05) is 40.2 Å². The SMILES string of the molecule is O=Cc1c(O)ccc2c([N+](=O)[O-])cccc12.O=Cc1c(O)ccc2cc(Br)ccc12. The van der Waals surface area contributed by atoms with Gasteiger partial charge in [-0.25, -0.2) is 0 Å². The zero-order chi connectivity index (χ0) is 21.8. The number of carbonyl (C=O) groups is 2. The Morgan fingerprint density at radius 3 is 2.03 bits per heavy atom. The summed E-state index contributed by atoms with van der Waals surface area (Å²) in [6, 6.07) is 16.0. The number of fused-ring (bicyclic) bond motifs is 2. The van der Waals surface area contributed by atoms with Gasteiger partial charge in [0, 0.05) is 15.9 Å². The molecule has 0 spiro atoms. The number of phenolic OH excluding ortho intramolecular Hbond substituents is 2. The minimum atomic E-state index is -0.520. The lowest BCUT2D eigenvalue weighted by atomic mass is 10.0. The first kappa shape index (κ1) is 20.9. The number of nitrogens with zero attached hydrogens (tertiary/aromatic N) is 1. The number of hydrogen-bond acceptors (Lipinski definition) is 6. The molecular weight excluding hydrogens is 454 g/mol. The van der Waals surface area contributed by atoms with Crippen LogP contribution in [0, 0.1) is 10.1 Å². The number of carbonyl (C=O) groups excluding carboxylic acids is 2. The third-order valence-electron chi connectivity index (χ3n) is 4.49. The zero-order valence-corrected chi connectivity index (χ0v) is 16.9. The summed E-state index contributed by atoms with van der Waals surface area (Å²) in [5.41, 5.74) is 0.330. The van der Waals surface area contributed by atoms with Gasteiger partial charge in [0.15, 0.2) is 12.6 Å². The van der Waals surface area contributed by atoms with E-state index in [0.29, 0.717) is 28.9 Å². The van der Waals surface area contributed by atoms with Crippen LogP contribution in [0.4, 0.5) is 5.69 Å². The summed E-state index contributed by atoms with van der Waals surface area (Å²) < 4.78 is 0.951. The molecule has 8 heteroatoms. The maximum absolute atomic E-state index is 10.8. The molecule has 4 aromatic carbocycles. The first-order chi connectivity index (χ1) is 14.4. The van der Waals surface area contributed by atoms with E-state index < -0.39 is 4.92 Å². The molecule has 0 aromatic heterocycles. The van der Waals surface area contributed by atoms with E-state index in [1.165, 1.54) is 30.3 Å². The molecule has 0 radical (unpaired) electrons. The number of nitro groups is 1. The third-order valence-corrected chi connectivity index (χ3v) is 4.98. The minimum Gasteiger partial charge on any atom is -0.507 e. The molecule has 0 amide bonds. The van der Waals surface area contributed by atoms with Crippen molar-refractivity contribution in [2.75, 3.05) is 0 Å². The highest BCUT2D eigenvalue weighted by molar-refractivity contribution is 9.10. The highest BCUT2D eigenvalue weighted by Crippen LogP contribution is 2.31. The van der Waals surface area contributed by atoms with Crippen molar-refractivity contribution >= 4 is 55.7 Å². The van der Waals surface area contributed by atoms with E-state index in [1.807, 2.05) is 18.2 Å². The summed E-state index contributed by atoms with van der Waals surface area (Å²) in [5.74, 6) is -0.155. The van der Waals surface area contributed by atoms with Crippen molar-refractivity contribution in [3.63, 3.8) is 0 Å². The van der Waals surface area contributed by atoms with Gasteiger partial charge in [-0.05, 0) is 41.1 Å². The van der Waals surface area contributed by atoms with Crippen LogP contribution in [0.25, 0.3) is 21.5 Å². The van der Waals surface area contributed by atoms with Crippen molar-refractivity contribution in [1.29, 1.82) is 0 Å². The average Bonchev–Trinajstić information content (AvgIpc) is 2.73.